The molecule has 0 aromatic carbocycles. The molecule has 2 aromatic heterocycles. The van der Waals surface area contributed by atoms with Gasteiger partial charge >= 0.3 is 13.3 Å². The van der Waals surface area contributed by atoms with Crippen molar-refractivity contribution < 1.29 is 32.7 Å². The van der Waals surface area contributed by atoms with Crippen molar-refractivity contribution in [3.63, 3.8) is 0 Å². The molecule has 0 amide bonds. The number of aryl methyl sites for hydroxylation is 2. The van der Waals surface area contributed by atoms with Crippen molar-refractivity contribution in [1.82, 2.24) is 9.97 Å². The van der Waals surface area contributed by atoms with Crippen molar-refractivity contribution in [2.45, 2.75) is 26.9 Å². The summed E-state index contributed by atoms with van der Waals surface area (Å²) in [6, 6.07) is 1.57. The molecular formula is C15H16BF3N2O4. The Morgan fingerprint density at radius 3 is 2.28 bits per heavy atom. The summed E-state index contributed by atoms with van der Waals surface area (Å²) in [5, 5.41) is 19.0. The fraction of sp³-hybridized carbons (Fsp3) is 0.333. The maximum atomic E-state index is 13.0. The van der Waals surface area contributed by atoms with Crippen LogP contribution in [-0.2, 0) is 6.18 Å². The highest BCUT2D eigenvalue weighted by Gasteiger charge is 2.37. The molecule has 0 bridgehead atoms. The average molecular weight is 356 g/mol. The minimum atomic E-state index is -4.68. The molecular weight excluding hydrogens is 340 g/mol. The number of aromatic nitrogens is 2. The Bertz CT molecular complexity index is 797. The second kappa shape index (κ2) is 6.89. The molecule has 2 rings (SSSR count). The van der Waals surface area contributed by atoms with Crippen LogP contribution in [0.25, 0.3) is 0 Å². The summed E-state index contributed by atoms with van der Waals surface area (Å²) in [7, 11) is -0.840. The van der Waals surface area contributed by atoms with Crippen LogP contribution >= 0.6 is 0 Å². The number of hydrogen-bond donors (Lipinski definition) is 2. The Balaban J connectivity index is 2.58. The molecule has 2 N–H and O–H groups in total. The number of alkyl halides is 3. The van der Waals surface area contributed by atoms with Crippen LogP contribution in [0.4, 0.5) is 13.2 Å². The number of ether oxygens (including phenoxy) is 2. The summed E-state index contributed by atoms with van der Waals surface area (Å²) >= 11 is 0. The maximum absolute atomic E-state index is 13.0. The zero-order valence-corrected chi connectivity index (χ0v) is 14.0. The van der Waals surface area contributed by atoms with Gasteiger partial charge in [-0.3, -0.25) is 0 Å². The lowest BCUT2D eigenvalue weighted by Gasteiger charge is -2.18. The second-order valence-corrected chi connectivity index (χ2v) is 5.39. The minimum absolute atomic E-state index is 0.0964. The summed E-state index contributed by atoms with van der Waals surface area (Å²) in [5.74, 6) is -0.177. The van der Waals surface area contributed by atoms with E-state index in [4.69, 9.17) is 9.47 Å². The van der Waals surface area contributed by atoms with Gasteiger partial charge in [0.05, 0.1) is 12.7 Å². The molecule has 25 heavy (non-hydrogen) atoms. The zero-order chi connectivity index (χ0) is 18.9. The Morgan fingerprint density at radius 2 is 1.76 bits per heavy atom. The van der Waals surface area contributed by atoms with E-state index in [-0.39, 0.29) is 23.1 Å². The van der Waals surface area contributed by atoms with Crippen LogP contribution in [0.1, 0.15) is 22.4 Å². The van der Waals surface area contributed by atoms with Gasteiger partial charge in [-0.05, 0) is 38.0 Å². The van der Waals surface area contributed by atoms with Crippen LogP contribution in [0.15, 0.2) is 12.3 Å². The quantitative estimate of drug-likeness (QED) is 0.815. The molecule has 6 nitrogen and oxygen atoms in total. The van der Waals surface area contributed by atoms with Gasteiger partial charge in [0.25, 0.3) is 5.88 Å². The first-order chi connectivity index (χ1) is 11.6. The van der Waals surface area contributed by atoms with Gasteiger partial charge in [-0.2, -0.15) is 13.2 Å². The summed E-state index contributed by atoms with van der Waals surface area (Å²) in [6.07, 6.45) is -4.10. The van der Waals surface area contributed by atoms with Crippen LogP contribution in [0, 0.1) is 20.8 Å². The van der Waals surface area contributed by atoms with Crippen molar-refractivity contribution in [1.29, 1.82) is 0 Å². The van der Waals surface area contributed by atoms with Gasteiger partial charge in [0.15, 0.2) is 5.75 Å². The number of nitrogens with zero attached hydrogens (tertiary/aromatic N) is 2. The van der Waals surface area contributed by atoms with E-state index in [0.29, 0.717) is 11.9 Å². The summed E-state index contributed by atoms with van der Waals surface area (Å²) in [6.45, 7) is 4.63. The van der Waals surface area contributed by atoms with Crippen molar-refractivity contribution in [3.8, 4) is 17.5 Å². The highest BCUT2D eigenvalue weighted by atomic mass is 19.4. The third-order valence-corrected chi connectivity index (χ3v) is 3.71. The number of rotatable bonds is 4. The molecule has 134 valence electrons. The van der Waals surface area contributed by atoms with Crippen LogP contribution in [0.5, 0.6) is 17.5 Å². The maximum Gasteiger partial charge on any atom is 0.494 e. The van der Waals surface area contributed by atoms with E-state index in [1.54, 1.807) is 19.9 Å². The summed E-state index contributed by atoms with van der Waals surface area (Å²) in [4.78, 5) is 7.77. The van der Waals surface area contributed by atoms with Crippen molar-refractivity contribution >= 4 is 12.6 Å². The molecule has 0 aliphatic carbocycles. The van der Waals surface area contributed by atoms with Crippen molar-refractivity contribution in [2.75, 3.05) is 7.11 Å². The molecule has 0 saturated heterocycles. The monoisotopic (exact) mass is 356 g/mol. The Hall–Kier alpha value is -2.33. The van der Waals surface area contributed by atoms with Gasteiger partial charge in [0, 0.05) is 17.4 Å². The third kappa shape index (κ3) is 3.85. The van der Waals surface area contributed by atoms with Gasteiger partial charge in [-0.25, -0.2) is 9.97 Å². The Morgan fingerprint density at radius 1 is 1.12 bits per heavy atom. The summed E-state index contributed by atoms with van der Waals surface area (Å²) < 4.78 is 49.6. The number of methoxy groups -OCH3 is 1. The molecule has 0 saturated carbocycles. The van der Waals surface area contributed by atoms with Gasteiger partial charge in [0.1, 0.15) is 0 Å². The SMILES string of the molecule is COc1nc(C)c(C)cc1Oc1ncc(C(F)(F)F)c(C)c1B(O)O. The predicted molar refractivity (Wildman–Crippen MR) is 84.1 cm³/mol. The van der Waals surface area contributed by atoms with E-state index in [0.717, 1.165) is 12.5 Å². The number of halogens is 3. The first-order valence-electron chi connectivity index (χ1n) is 7.19. The topological polar surface area (TPSA) is 84.7 Å². The fourth-order valence-corrected chi connectivity index (χ4v) is 2.25. The first-order valence-corrected chi connectivity index (χ1v) is 7.19. The largest absolute Gasteiger partial charge is 0.494 e. The highest BCUT2D eigenvalue weighted by molar-refractivity contribution is 6.60. The fourth-order valence-electron chi connectivity index (χ4n) is 2.25. The molecule has 0 aliphatic rings. The lowest BCUT2D eigenvalue weighted by molar-refractivity contribution is -0.138. The zero-order valence-electron chi connectivity index (χ0n) is 14.0. The van der Waals surface area contributed by atoms with Crippen LogP contribution < -0.4 is 14.9 Å². The van der Waals surface area contributed by atoms with E-state index in [1.165, 1.54) is 7.11 Å². The predicted octanol–water partition coefficient (Wildman–Crippen LogP) is 1.90. The lowest BCUT2D eigenvalue weighted by Crippen LogP contribution is -2.35. The molecule has 0 unspecified atom stereocenters. The van der Waals surface area contributed by atoms with E-state index in [1.807, 2.05) is 0 Å². The average Bonchev–Trinajstić information content (AvgIpc) is 2.49. The van der Waals surface area contributed by atoms with E-state index in [9.17, 15) is 23.2 Å². The molecule has 0 aliphatic heterocycles. The van der Waals surface area contributed by atoms with Gasteiger partial charge in [-0.1, -0.05) is 0 Å². The van der Waals surface area contributed by atoms with Crippen molar-refractivity contribution in [2.24, 2.45) is 0 Å². The van der Waals surface area contributed by atoms with Crippen LogP contribution in [0.2, 0.25) is 0 Å². The lowest BCUT2D eigenvalue weighted by atomic mass is 9.76. The van der Waals surface area contributed by atoms with Gasteiger partial charge in [-0.15, -0.1) is 0 Å². The number of hydrogen-bond acceptors (Lipinski definition) is 6. The van der Waals surface area contributed by atoms with Crippen molar-refractivity contribution in [3.05, 3.63) is 34.6 Å². The van der Waals surface area contributed by atoms with E-state index in [2.05, 4.69) is 9.97 Å². The molecule has 0 spiro atoms. The van der Waals surface area contributed by atoms with Gasteiger partial charge in [0.2, 0.25) is 5.88 Å². The summed E-state index contributed by atoms with van der Waals surface area (Å²) in [5.41, 5.74) is -0.500. The smallest absolute Gasteiger partial charge is 0.478 e. The minimum Gasteiger partial charge on any atom is -0.478 e. The van der Waals surface area contributed by atoms with E-state index >= 15 is 0 Å². The Kier molecular flexibility index (Phi) is 5.24. The Labute approximate surface area is 142 Å². The van der Waals surface area contributed by atoms with Crippen LogP contribution in [-0.4, -0.2) is 34.2 Å². The third-order valence-electron chi connectivity index (χ3n) is 3.71. The molecule has 10 heteroatoms. The second-order valence-electron chi connectivity index (χ2n) is 5.39. The molecule has 2 heterocycles. The standard InChI is InChI=1S/C15H16BF3N2O4/c1-7-5-11(13(24-4)21-9(7)3)25-14-12(16(22)23)8(2)10(6-20-14)15(17,18)19/h5-6,22-23H,1-4H3. The number of pyridine rings is 2. The molecule has 0 radical (unpaired) electrons. The van der Waals surface area contributed by atoms with Gasteiger partial charge < -0.3 is 19.5 Å². The van der Waals surface area contributed by atoms with Crippen LogP contribution in [0.3, 0.4) is 0 Å². The molecule has 2 aromatic rings. The molecule has 0 fully saturated rings. The molecule has 0 atom stereocenters. The van der Waals surface area contributed by atoms with E-state index < -0.39 is 24.3 Å². The highest BCUT2D eigenvalue weighted by Crippen LogP contribution is 2.34. The normalized spacial score (nSPS) is 11.4. The first kappa shape index (κ1) is 19.0.